The normalized spacial score (nSPS) is 29.5. The first-order valence-electron chi connectivity index (χ1n) is 7.98. The molecular weight excluding hydrogens is 276 g/mol. The van der Waals surface area contributed by atoms with Gasteiger partial charge in [-0.25, -0.2) is 0 Å². The molecule has 4 nitrogen and oxygen atoms in total. The third-order valence-corrected chi connectivity index (χ3v) is 5.16. The van der Waals surface area contributed by atoms with E-state index in [1.165, 1.54) is 6.42 Å². The number of methoxy groups -OCH3 is 1. The molecule has 1 amide bonds. The quantitative estimate of drug-likeness (QED) is 0.853. The number of carbonyl (C=O) groups is 1. The molecule has 2 bridgehead atoms. The lowest BCUT2D eigenvalue weighted by Gasteiger charge is -2.39. The number of likely N-dealkylation sites (tertiary alicyclic amines) is 1. The maximum absolute atomic E-state index is 13.0. The molecule has 22 heavy (non-hydrogen) atoms. The van der Waals surface area contributed by atoms with Crippen molar-refractivity contribution in [3.8, 4) is 5.75 Å². The number of hydrogen-bond donors (Lipinski definition) is 1. The van der Waals surface area contributed by atoms with Crippen molar-refractivity contribution in [3.63, 3.8) is 0 Å². The van der Waals surface area contributed by atoms with E-state index in [1.807, 2.05) is 4.90 Å². The van der Waals surface area contributed by atoms with Gasteiger partial charge in [0.05, 0.1) is 12.7 Å². The molecule has 1 saturated heterocycles. The van der Waals surface area contributed by atoms with Crippen molar-refractivity contribution in [2.24, 2.45) is 10.8 Å². The fourth-order valence-corrected chi connectivity index (χ4v) is 4.71. The van der Waals surface area contributed by atoms with E-state index in [1.54, 1.807) is 25.3 Å². The third kappa shape index (κ3) is 2.55. The molecule has 0 radical (unpaired) electrons. The van der Waals surface area contributed by atoms with E-state index >= 15 is 0 Å². The minimum absolute atomic E-state index is 0.0616. The Morgan fingerprint density at radius 2 is 2.05 bits per heavy atom. The molecule has 4 heteroatoms. The summed E-state index contributed by atoms with van der Waals surface area (Å²) in [5.74, 6) is 0.744. The molecule has 0 spiro atoms. The van der Waals surface area contributed by atoms with Crippen LogP contribution in [0.5, 0.6) is 5.75 Å². The molecule has 1 saturated carbocycles. The minimum Gasteiger partial charge on any atom is -0.497 e. The van der Waals surface area contributed by atoms with Crippen LogP contribution in [0.25, 0.3) is 0 Å². The summed E-state index contributed by atoms with van der Waals surface area (Å²) in [6, 6.07) is 5.65. The predicted molar refractivity (Wildman–Crippen MR) is 88.0 cm³/mol. The van der Waals surface area contributed by atoms with E-state index in [9.17, 15) is 4.79 Å². The Morgan fingerprint density at radius 3 is 2.68 bits per heavy atom. The van der Waals surface area contributed by atoms with Crippen molar-refractivity contribution in [3.05, 3.63) is 23.8 Å². The van der Waals surface area contributed by atoms with Gasteiger partial charge in [0.25, 0.3) is 5.91 Å². The summed E-state index contributed by atoms with van der Waals surface area (Å²) in [6.45, 7) is 7.78. The number of amides is 1. The highest BCUT2D eigenvalue weighted by atomic mass is 16.5. The first-order chi connectivity index (χ1) is 10.2. The van der Waals surface area contributed by atoms with E-state index < -0.39 is 0 Å². The van der Waals surface area contributed by atoms with E-state index in [-0.39, 0.29) is 11.3 Å². The molecule has 2 N–H and O–H groups in total. The minimum atomic E-state index is 0.0616. The summed E-state index contributed by atoms with van der Waals surface area (Å²) in [7, 11) is 1.60. The summed E-state index contributed by atoms with van der Waals surface area (Å²) >= 11 is 0. The molecule has 1 aromatic rings. The van der Waals surface area contributed by atoms with Crippen LogP contribution < -0.4 is 10.5 Å². The van der Waals surface area contributed by atoms with Crippen molar-refractivity contribution in [2.75, 3.05) is 19.4 Å². The number of ether oxygens (including phenoxy) is 1. The molecule has 0 aromatic heterocycles. The number of nitrogens with zero attached hydrogens (tertiary/aromatic N) is 1. The molecule has 120 valence electrons. The average Bonchev–Trinajstić information content (AvgIpc) is 2.67. The topological polar surface area (TPSA) is 55.6 Å². The molecule has 2 fully saturated rings. The van der Waals surface area contributed by atoms with Crippen molar-refractivity contribution >= 4 is 11.6 Å². The zero-order valence-corrected chi connectivity index (χ0v) is 14.0. The molecule has 1 heterocycles. The lowest BCUT2D eigenvalue weighted by atomic mass is 9.65. The van der Waals surface area contributed by atoms with Gasteiger partial charge < -0.3 is 15.4 Å². The van der Waals surface area contributed by atoms with Crippen LogP contribution >= 0.6 is 0 Å². The van der Waals surface area contributed by atoms with Gasteiger partial charge in [-0.15, -0.1) is 0 Å². The van der Waals surface area contributed by atoms with Crippen molar-refractivity contribution in [2.45, 2.75) is 46.1 Å². The summed E-state index contributed by atoms with van der Waals surface area (Å²) in [6.07, 6.45) is 3.36. The number of benzene rings is 1. The monoisotopic (exact) mass is 302 g/mol. The van der Waals surface area contributed by atoms with Crippen molar-refractivity contribution in [1.82, 2.24) is 4.90 Å². The maximum atomic E-state index is 13.0. The number of nitrogens with two attached hydrogens (primary N) is 1. The summed E-state index contributed by atoms with van der Waals surface area (Å²) in [4.78, 5) is 15.0. The van der Waals surface area contributed by atoms with Gasteiger partial charge in [-0.1, -0.05) is 20.8 Å². The first kappa shape index (κ1) is 15.2. The lowest BCUT2D eigenvalue weighted by molar-refractivity contribution is 0.0709. The summed E-state index contributed by atoms with van der Waals surface area (Å²) in [5.41, 5.74) is 7.69. The van der Waals surface area contributed by atoms with Gasteiger partial charge in [-0.2, -0.15) is 0 Å². The van der Waals surface area contributed by atoms with Gasteiger partial charge in [0, 0.05) is 24.3 Å². The Morgan fingerprint density at radius 1 is 1.32 bits per heavy atom. The molecule has 1 aromatic carbocycles. The first-order valence-corrected chi connectivity index (χ1v) is 7.98. The van der Waals surface area contributed by atoms with Gasteiger partial charge in [0.2, 0.25) is 0 Å². The van der Waals surface area contributed by atoms with Crippen LogP contribution in [0.2, 0.25) is 0 Å². The average molecular weight is 302 g/mol. The van der Waals surface area contributed by atoms with E-state index in [4.69, 9.17) is 10.5 Å². The van der Waals surface area contributed by atoms with Gasteiger partial charge in [-0.05, 0) is 42.2 Å². The van der Waals surface area contributed by atoms with E-state index in [0.29, 0.717) is 28.5 Å². The van der Waals surface area contributed by atoms with E-state index in [0.717, 1.165) is 19.4 Å². The second-order valence-corrected chi connectivity index (χ2v) is 8.10. The number of nitrogen functional groups attached to an aromatic ring is 1. The third-order valence-electron chi connectivity index (χ3n) is 5.16. The zero-order chi connectivity index (χ0) is 16.1. The number of anilines is 1. The predicted octanol–water partition coefficient (Wildman–Crippen LogP) is 3.32. The highest BCUT2D eigenvalue weighted by Gasteiger charge is 2.51. The van der Waals surface area contributed by atoms with Crippen LogP contribution in [0.1, 0.15) is 50.4 Å². The Balaban J connectivity index is 1.88. The molecule has 3 rings (SSSR count). The molecular formula is C18H26N2O2. The standard InChI is InChI=1S/C18H26N2O2/c1-17(2)8-12-9-18(3,10-17)11-20(12)16(21)14-6-5-13(22-4)7-15(14)19/h5-7,12H,8-11,19H2,1-4H3. The Labute approximate surface area is 132 Å². The molecule has 2 aliphatic rings. The summed E-state index contributed by atoms with van der Waals surface area (Å²) < 4.78 is 5.16. The second kappa shape index (κ2) is 4.90. The van der Waals surface area contributed by atoms with Crippen LogP contribution in [-0.2, 0) is 0 Å². The van der Waals surface area contributed by atoms with Crippen molar-refractivity contribution in [1.29, 1.82) is 0 Å². The van der Waals surface area contributed by atoms with Crippen LogP contribution in [0.3, 0.4) is 0 Å². The van der Waals surface area contributed by atoms with Gasteiger partial charge in [0.1, 0.15) is 5.75 Å². The molecule has 2 unspecified atom stereocenters. The van der Waals surface area contributed by atoms with Gasteiger partial charge >= 0.3 is 0 Å². The van der Waals surface area contributed by atoms with Crippen LogP contribution in [0.4, 0.5) is 5.69 Å². The SMILES string of the molecule is COc1ccc(C(=O)N2CC3(C)CC2CC(C)(C)C3)c(N)c1. The Kier molecular flexibility index (Phi) is 3.38. The second-order valence-electron chi connectivity index (χ2n) is 8.10. The molecule has 2 atom stereocenters. The largest absolute Gasteiger partial charge is 0.497 e. The molecule has 1 aliphatic heterocycles. The smallest absolute Gasteiger partial charge is 0.256 e. The van der Waals surface area contributed by atoms with Crippen molar-refractivity contribution < 1.29 is 9.53 Å². The Bertz CT molecular complexity index is 611. The van der Waals surface area contributed by atoms with Gasteiger partial charge in [-0.3, -0.25) is 4.79 Å². The molecule has 1 aliphatic carbocycles. The van der Waals surface area contributed by atoms with E-state index in [2.05, 4.69) is 20.8 Å². The lowest BCUT2D eigenvalue weighted by Crippen LogP contribution is -2.38. The van der Waals surface area contributed by atoms with Crippen LogP contribution in [0.15, 0.2) is 18.2 Å². The highest BCUT2D eigenvalue weighted by molar-refractivity contribution is 5.99. The van der Waals surface area contributed by atoms with Crippen LogP contribution in [0, 0.1) is 10.8 Å². The number of hydrogen-bond acceptors (Lipinski definition) is 3. The number of carbonyl (C=O) groups excluding carboxylic acids is 1. The maximum Gasteiger partial charge on any atom is 0.256 e. The summed E-state index contributed by atoms with van der Waals surface area (Å²) in [5, 5.41) is 0. The number of rotatable bonds is 2. The number of fused-ring (bicyclic) bond motifs is 2. The fourth-order valence-electron chi connectivity index (χ4n) is 4.71. The fraction of sp³-hybridized carbons (Fsp3) is 0.611. The Hall–Kier alpha value is -1.71. The highest BCUT2D eigenvalue weighted by Crippen LogP contribution is 2.52. The van der Waals surface area contributed by atoms with Gasteiger partial charge in [0.15, 0.2) is 0 Å². The zero-order valence-electron chi connectivity index (χ0n) is 14.0. The van der Waals surface area contributed by atoms with Crippen LogP contribution in [-0.4, -0.2) is 30.5 Å².